The molecule has 0 unspecified atom stereocenters. The normalized spacial score (nSPS) is 10.7. The minimum Gasteiger partial charge on any atom is -0.433 e. The van der Waals surface area contributed by atoms with Gasteiger partial charge in [-0.05, 0) is 42.0 Å². The summed E-state index contributed by atoms with van der Waals surface area (Å²) in [5.74, 6) is 0.123. The Bertz CT molecular complexity index is 932. The molecule has 2 N–H and O–H groups in total. The van der Waals surface area contributed by atoms with Crippen molar-refractivity contribution in [2.75, 3.05) is 10.6 Å². The lowest BCUT2D eigenvalue weighted by atomic mass is 10.2. The monoisotopic (exact) mass is 392 g/mol. The smallest absolute Gasteiger partial charge is 0.387 e. The highest BCUT2D eigenvalue weighted by molar-refractivity contribution is 7.80. The Hall–Kier alpha value is -3.07. The first-order valence-corrected chi connectivity index (χ1v) is 8.30. The molecule has 0 saturated heterocycles. The third-order valence-corrected chi connectivity index (χ3v) is 3.67. The molecule has 0 spiro atoms. The molecule has 5 nitrogen and oxygen atoms in total. The van der Waals surface area contributed by atoms with E-state index in [4.69, 9.17) is 12.2 Å². The van der Waals surface area contributed by atoms with Crippen molar-refractivity contribution < 1.29 is 17.9 Å². The second-order valence-electron chi connectivity index (χ2n) is 5.48. The van der Waals surface area contributed by atoms with E-state index in [0.717, 1.165) is 5.56 Å². The summed E-state index contributed by atoms with van der Waals surface area (Å²) in [7, 11) is 0. The molecule has 2 aromatic carbocycles. The number of aromatic nitrogens is 2. The summed E-state index contributed by atoms with van der Waals surface area (Å²) >= 11 is 5.18. The lowest BCUT2D eigenvalue weighted by Gasteiger charge is -2.13. The van der Waals surface area contributed by atoms with Gasteiger partial charge >= 0.3 is 6.61 Å². The Morgan fingerprint density at radius 2 is 1.93 bits per heavy atom. The van der Waals surface area contributed by atoms with Gasteiger partial charge in [0.1, 0.15) is 11.6 Å². The van der Waals surface area contributed by atoms with Gasteiger partial charge in [-0.2, -0.15) is 13.9 Å². The Kier molecular flexibility index (Phi) is 5.92. The third kappa shape index (κ3) is 5.45. The number of thiocarbonyl (C=S) groups is 1. The van der Waals surface area contributed by atoms with Crippen LogP contribution in [0.5, 0.6) is 5.75 Å². The molecule has 1 aromatic heterocycles. The third-order valence-electron chi connectivity index (χ3n) is 3.47. The largest absolute Gasteiger partial charge is 0.433 e. The number of rotatable bonds is 6. The van der Waals surface area contributed by atoms with E-state index in [9.17, 15) is 13.2 Å². The number of halogens is 3. The summed E-state index contributed by atoms with van der Waals surface area (Å²) < 4.78 is 44.2. The molecule has 0 amide bonds. The van der Waals surface area contributed by atoms with Crippen LogP contribution in [0.1, 0.15) is 5.56 Å². The fourth-order valence-electron chi connectivity index (χ4n) is 2.38. The van der Waals surface area contributed by atoms with Gasteiger partial charge in [-0.3, -0.25) is 4.68 Å². The van der Waals surface area contributed by atoms with Gasteiger partial charge < -0.3 is 15.4 Å². The fraction of sp³-hybridized carbons (Fsp3) is 0.111. The molecule has 3 rings (SSSR count). The topological polar surface area (TPSA) is 51.1 Å². The number of hydrogen-bond acceptors (Lipinski definition) is 3. The van der Waals surface area contributed by atoms with Gasteiger partial charge in [-0.15, -0.1) is 0 Å². The predicted octanol–water partition coefficient (Wildman–Crippen LogP) is 4.48. The van der Waals surface area contributed by atoms with E-state index in [1.54, 1.807) is 47.3 Å². The first-order valence-electron chi connectivity index (χ1n) is 7.89. The van der Waals surface area contributed by atoms with E-state index in [2.05, 4.69) is 20.5 Å². The van der Waals surface area contributed by atoms with Crippen molar-refractivity contribution in [3.05, 3.63) is 72.2 Å². The van der Waals surface area contributed by atoms with Crippen LogP contribution < -0.4 is 15.4 Å². The molecule has 0 aliphatic heterocycles. The van der Waals surface area contributed by atoms with Crippen LogP contribution in [0.4, 0.5) is 24.7 Å². The number of alkyl halides is 2. The van der Waals surface area contributed by atoms with E-state index < -0.39 is 6.61 Å². The maximum Gasteiger partial charge on any atom is 0.387 e. The molecule has 0 bridgehead atoms. The molecule has 27 heavy (non-hydrogen) atoms. The lowest BCUT2D eigenvalue weighted by Crippen LogP contribution is -2.20. The van der Waals surface area contributed by atoms with Crippen molar-refractivity contribution in [2.45, 2.75) is 13.2 Å². The molecule has 0 saturated carbocycles. The van der Waals surface area contributed by atoms with Gasteiger partial charge in [0.05, 0.1) is 12.2 Å². The van der Waals surface area contributed by atoms with Crippen LogP contribution in [-0.2, 0) is 6.54 Å². The van der Waals surface area contributed by atoms with Gasteiger partial charge in [0.15, 0.2) is 10.9 Å². The Morgan fingerprint density at radius 1 is 1.11 bits per heavy atom. The number of para-hydroxylation sites is 2. The number of anilines is 2. The quantitative estimate of drug-likeness (QED) is 0.606. The van der Waals surface area contributed by atoms with Crippen LogP contribution in [0, 0.1) is 5.82 Å². The van der Waals surface area contributed by atoms with Crippen LogP contribution in [0.25, 0.3) is 0 Å². The average Bonchev–Trinajstić information content (AvgIpc) is 3.03. The lowest BCUT2D eigenvalue weighted by molar-refractivity contribution is -0.0493. The van der Waals surface area contributed by atoms with Gasteiger partial charge in [0, 0.05) is 12.3 Å². The first-order chi connectivity index (χ1) is 13.0. The zero-order chi connectivity index (χ0) is 19.2. The molecular formula is C18H15F3N4OS. The number of ether oxygens (including phenoxy) is 1. The summed E-state index contributed by atoms with van der Waals surface area (Å²) in [6.07, 6.45) is 1.71. The van der Waals surface area contributed by atoms with Gasteiger partial charge in [0.25, 0.3) is 0 Å². The van der Waals surface area contributed by atoms with Crippen molar-refractivity contribution in [3.63, 3.8) is 0 Å². The zero-order valence-electron chi connectivity index (χ0n) is 13.9. The van der Waals surface area contributed by atoms with Crippen molar-refractivity contribution in [3.8, 4) is 5.75 Å². The molecule has 0 radical (unpaired) electrons. The molecule has 9 heteroatoms. The maximum atomic E-state index is 13.2. The fourth-order valence-corrected chi connectivity index (χ4v) is 2.59. The highest BCUT2D eigenvalue weighted by Crippen LogP contribution is 2.25. The average molecular weight is 392 g/mol. The second kappa shape index (κ2) is 8.54. The van der Waals surface area contributed by atoms with E-state index in [1.807, 2.05) is 0 Å². The first kappa shape index (κ1) is 18.7. The summed E-state index contributed by atoms with van der Waals surface area (Å²) in [6.45, 7) is -2.54. The molecule has 140 valence electrons. The molecule has 0 atom stereocenters. The van der Waals surface area contributed by atoms with E-state index >= 15 is 0 Å². The summed E-state index contributed by atoms with van der Waals surface area (Å²) in [5, 5.41) is 10.1. The van der Waals surface area contributed by atoms with Crippen LogP contribution in [-0.4, -0.2) is 21.5 Å². The Morgan fingerprint density at radius 3 is 2.70 bits per heavy atom. The molecule has 0 aliphatic rings. The van der Waals surface area contributed by atoms with Crippen molar-refractivity contribution >= 4 is 28.8 Å². The van der Waals surface area contributed by atoms with Crippen LogP contribution >= 0.6 is 12.2 Å². The maximum absolute atomic E-state index is 13.2. The second-order valence-corrected chi connectivity index (χ2v) is 5.89. The van der Waals surface area contributed by atoms with E-state index in [-0.39, 0.29) is 16.7 Å². The van der Waals surface area contributed by atoms with Gasteiger partial charge in [-0.25, -0.2) is 4.39 Å². The molecule has 1 heterocycles. The Balaban J connectivity index is 1.61. The molecule has 3 aromatic rings. The molecule has 0 fully saturated rings. The highest BCUT2D eigenvalue weighted by atomic mass is 32.1. The van der Waals surface area contributed by atoms with Crippen molar-refractivity contribution in [2.24, 2.45) is 0 Å². The number of benzene rings is 2. The predicted molar refractivity (Wildman–Crippen MR) is 101 cm³/mol. The zero-order valence-corrected chi connectivity index (χ0v) is 14.7. The summed E-state index contributed by atoms with van der Waals surface area (Å²) in [6, 6.07) is 14.1. The van der Waals surface area contributed by atoms with Crippen molar-refractivity contribution in [1.29, 1.82) is 0 Å². The van der Waals surface area contributed by atoms with E-state index in [1.165, 1.54) is 18.2 Å². The Labute approximate surface area is 158 Å². The number of hydrogen-bond donors (Lipinski definition) is 2. The minimum atomic E-state index is -2.94. The molecular weight excluding hydrogens is 377 g/mol. The van der Waals surface area contributed by atoms with Crippen LogP contribution in [0.15, 0.2) is 60.8 Å². The standard InChI is InChI=1S/C18H15F3N4OS/c19-13-5-3-4-12(10-13)11-25-9-8-16(24-25)23-18(27)22-14-6-1-2-7-15(14)26-17(20)21/h1-10,17H,11H2,(H2,22,23,24,27). The summed E-state index contributed by atoms with van der Waals surface area (Å²) in [4.78, 5) is 0. The van der Waals surface area contributed by atoms with Crippen molar-refractivity contribution in [1.82, 2.24) is 9.78 Å². The van der Waals surface area contributed by atoms with Crippen LogP contribution in [0.3, 0.4) is 0 Å². The summed E-state index contributed by atoms with van der Waals surface area (Å²) in [5.41, 5.74) is 1.07. The SMILES string of the molecule is Fc1cccc(Cn2ccc(NC(=S)Nc3ccccc3OC(F)F)n2)c1. The number of nitrogens with one attached hydrogen (secondary N) is 2. The van der Waals surface area contributed by atoms with E-state index in [0.29, 0.717) is 18.1 Å². The molecule has 0 aliphatic carbocycles. The highest BCUT2D eigenvalue weighted by Gasteiger charge is 2.10. The number of nitrogens with zero attached hydrogens (tertiary/aromatic N) is 2. The van der Waals surface area contributed by atoms with Gasteiger partial charge in [-0.1, -0.05) is 24.3 Å². The van der Waals surface area contributed by atoms with Crippen LogP contribution in [0.2, 0.25) is 0 Å². The minimum absolute atomic E-state index is 0.0201. The van der Waals surface area contributed by atoms with Gasteiger partial charge in [0.2, 0.25) is 0 Å².